The molecular formula is C40H41N7O5. The number of aryl methyl sites for hydroxylation is 1. The molecule has 2 aliphatic rings. The van der Waals surface area contributed by atoms with Crippen molar-refractivity contribution in [1.29, 1.82) is 0 Å². The number of aromatic nitrogens is 1. The number of para-hydroxylation sites is 1. The summed E-state index contributed by atoms with van der Waals surface area (Å²) >= 11 is 0. The van der Waals surface area contributed by atoms with E-state index in [0.717, 1.165) is 33.2 Å². The van der Waals surface area contributed by atoms with Crippen LogP contribution in [0.3, 0.4) is 0 Å². The molecule has 5 aromatic rings. The number of fused-ring (bicyclic) bond motifs is 2. The van der Waals surface area contributed by atoms with E-state index in [1.54, 1.807) is 66.6 Å². The molecule has 4 amide bonds. The van der Waals surface area contributed by atoms with Crippen molar-refractivity contribution < 1.29 is 24.2 Å². The normalized spacial score (nSPS) is 17.6. The van der Waals surface area contributed by atoms with Crippen LogP contribution in [0.5, 0.6) is 11.5 Å². The zero-order valence-electron chi connectivity index (χ0n) is 29.1. The molecule has 2 saturated heterocycles. The number of hydrogen-bond acceptors (Lipinski definition) is 7. The molecule has 2 fully saturated rings. The Labute approximate surface area is 301 Å². The molecule has 3 heterocycles. The van der Waals surface area contributed by atoms with Gasteiger partial charge in [-0.15, -0.1) is 6.58 Å². The van der Waals surface area contributed by atoms with Gasteiger partial charge in [0, 0.05) is 55.1 Å². The highest BCUT2D eigenvalue weighted by atomic mass is 16.5. The molecule has 7 rings (SSSR count). The SMILES string of the molecule is C=CCN1CC(=O)N2[C@H](CN(Cc3cccc4c(-c5ccc(NC(=O)Nc6ccc(OC)cc6)cc5)cn(C)c34)C(=O)[C@@H]2Cc2ccc(O)cc2)N1. The number of methoxy groups -OCH3 is 1. The number of anilines is 2. The summed E-state index contributed by atoms with van der Waals surface area (Å²) < 4.78 is 7.26. The largest absolute Gasteiger partial charge is 0.508 e. The van der Waals surface area contributed by atoms with Gasteiger partial charge in [0.05, 0.1) is 25.7 Å². The first kappa shape index (κ1) is 34.3. The number of carbonyl (C=O) groups is 3. The lowest BCUT2D eigenvalue weighted by atomic mass is 9.98. The highest BCUT2D eigenvalue weighted by molar-refractivity contribution is 6.01. The number of ether oxygens (including phenoxy) is 1. The second kappa shape index (κ2) is 14.6. The van der Waals surface area contributed by atoms with Gasteiger partial charge in [-0.05, 0) is 65.2 Å². The maximum Gasteiger partial charge on any atom is 0.323 e. The number of phenols is 1. The Bertz CT molecular complexity index is 2110. The van der Waals surface area contributed by atoms with Gasteiger partial charge >= 0.3 is 6.03 Å². The number of carbonyl (C=O) groups excluding carboxylic acids is 3. The van der Waals surface area contributed by atoms with E-state index in [1.165, 1.54) is 0 Å². The third kappa shape index (κ3) is 7.07. The maximum atomic E-state index is 14.3. The smallest absolute Gasteiger partial charge is 0.323 e. The minimum absolute atomic E-state index is 0.115. The molecule has 4 aromatic carbocycles. The molecule has 0 radical (unpaired) electrons. The van der Waals surface area contributed by atoms with Crippen LogP contribution in [0.2, 0.25) is 0 Å². The molecule has 12 nitrogen and oxygen atoms in total. The van der Waals surface area contributed by atoms with Crippen molar-refractivity contribution in [2.24, 2.45) is 7.05 Å². The zero-order chi connectivity index (χ0) is 36.4. The summed E-state index contributed by atoms with van der Waals surface area (Å²) in [6.45, 7) is 5.13. The van der Waals surface area contributed by atoms with Crippen LogP contribution in [0.15, 0.2) is 110 Å². The number of nitrogens with one attached hydrogen (secondary N) is 3. The molecule has 0 spiro atoms. The molecule has 0 aliphatic carbocycles. The fourth-order valence-electron chi connectivity index (χ4n) is 7.16. The summed E-state index contributed by atoms with van der Waals surface area (Å²) in [5.74, 6) is 0.613. The van der Waals surface area contributed by atoms with Gasteiger partial charge in [0.25, 0.3) is 0 Å². The number of aromatic hydroxyl groups is 1. The first-order chi connectivity index (χ1) is 25.2. The highest BCUT2D eigenvalue weighted by Gasteiger charge is 2.46. The van der Waals surface area contributed by atoms with Crippen LogP contribution in [0, 0.1) is 0 Å². The first-order valence-corrected chi connectivity index (χ1v) is 17.1. The number of amides is 4. The third-order valence-electron chi connectivity index (χ3n) is 9.57. The summed E-state index contributed by atoms with van der Waals surface area (Å²) in [4.78, 5) is 43.9. The van der Waals surface area contributed by atoms with Crippen LogP contribution in [0.4, 0.5) is 16.2 Å². The van der Waals surface area contributed by atoms with Gasteiger partial charge in [-0.2, -0.15) is 0 Å². The van der Waals surface area contributed by atoms with Gasteiger partial charge < -0.3 is 34.8 Å². The van der Waals surface area contributed by atoms with E-state index < -0.39 is 12.2 Å². The highest BCUT2D eigenvalue weighted by Crippen LogP contribution is 2.34. The quantitative estimate of drug-likeness (QED) is 0.145. The molecule has 2 atom stereocenters. The molecule has 0 bridgehead atoms. The summed E-state index contributed by atoms with van der Waals surface area (Å²) in [5.41, 5.74) is 9.59. The Morgan fingerprint density at radius 3 is 2.35 bits per heavy atom. The van der Waals surface area contributed by atoms with Crippen LogP contribution in [0.1, 0.15) is 11.1 Å². The summed E-state index contributed by atoms with van der Waals surface area (Å²) in [6.07, 6.45) is 3.74. The molecule has 2 aliphatic heterocycles. The Kier molecular flexibility index (Phi) is 9.66. The molecule has 52 heavy (non-hydrogen) atoms. The Balaban J connectivity index is 1.11. The minimum atomic E-state index is -0.706. The van der Waals surface area contributed by atoms with Crippen molar-refractivity contribution in [3.63, 3.8) is 0 Å². The Morgan fingerprint density at radius 2 is 1.67 bits per heavy atom. The second-order valence-corrected chi connectivity index (χ2v) is 13.1. The molecule has 4 N–H and O–H groups in total. The van der Waals surface area contributed by atoms with E-state index in [-0.39, 0.29) is 30.1 Å². The predicted molar refractivity (Wildman–Crippen MR) is 201 cm³/mol. The maximum absolute atomic E-state index is 14.3. The number of nitrogens with zero attached hydrogens (tertiary/aromatic N) is 4. The average Bonchev–Trinajstić information content (AvgIpc) is 3.48. The number of benzene rings is 4. The zero-order valence-corrected chi connectivity index (χ0v) is 29.1. The monoisotopic (exact) mass is 699 g/mol. The van der Waals surface area contributed by atoms with Gasteiger partial charge in [-0.3, -0.25) is 9.59 Å². The fourth-order valence-corrected chi connectivity index (χ4v) is 7.16. The van der Waals surface area contributed by atoms with Crippen LogP contribution in [-0.2, 0) is 29.6 Å². The number of phenolic OH excluding ortho intramolecular Hbond substituents is 1. The van der Waals surface area contributed by atoms with Gasteiger partial charge in [-0.25, -0.2) is 15.2 Å². The second-order valence-electron chi connectivity index (χ2n) is 13.1. The Hall–Kier alpha value is -6.11. The van der Waals surface area contributed by atoms with Crippen molar-refractivity contribution in [2.45, 2.75) is 25.2 Å². The average molecular weight is 700 g/mol. The molecule has 0 unspecified atom stereocenters. The summed E-state index contributed by atoms with van der Waals surface area (Å²) in [5, 5.41) is 18.4. The number of piperazine rings is 1. The fraction of sp³-hybridized carbons (Fsp3) is 0.225. The minimum Gasteiger partial charge on any atom is -0.508 e. The van der Waals surface area contributed by atoms with E-state index in [4.69, 9.17) is 4.74 Å². The lowest BCUT2D eigenvalue weighted by molar-refractivity contribution is -0.168. The number of hydrazine groups is 1. The summed E-state index contributed by atoms with van der Waals surface area (Å²) in [6, 6.07) is 26.6. The standard InChI is InChI=1S/C40H41N7O5/c1-4-20-46-25-37(49)47-35(21-26-8-16-31(48)17-9-26)39(50)45(24-36(47)43-46)22-28-6-5-7-33-34(23-44(2)38(28)33)27-10-12-29(13-11-27)41-40(51)42-30-14-18-32(52-3)19-15-30/h4-19,23,35-36,43,48H,1,20-22,24-25H2,2-3H3,(H2,41,42,51)/t35-,36+/m0/s1. The van der Waals surface area contributed by atoms with Crippen LogP contribution in [0.25, 0.3) is 22.0 Å². The number of rotatable bonds is 10. The number of urea groups is 1. The van der Waals surface area contributed by atoms with Gasteiger partial charge in [0.2, 0.25) is 11.8 Å². The molecule has 0 saturated carbocycles. The van der Waals surface area contributed by atoms with Gasteiger partial charge in [-0.1, -0.05) is 48.5 Å². The molecule has 266 valence electrons. The molecule has 12 heteroatoms. The lowest BCUT2D eigenvalue weighted by Crippen LogP contribution is -2.74. The van der Waals surface area contributed by atoms with Crippen molar-refractivity contribution in [3.8, 4) is 22.6 Å². The van der Waals surface area contributed by atoms with Gasteiger partial charge in [0.15, 0.2) is 0 Å². The first-order valence-electron chi connectivity index (χ1n) is 17.1. The topological polar surface area (TPSA) is 131 Å². The Morgan fingerprint density at radius 1 is 0.981 bits per heavy atom. The van der Waals surface area contributed by atoms with Crippen LogP contribution >= 0.6 is 0 Å². The molecule has 1 aromatic heterocycles. The van der Waals surface area contributed by atoms with Crippen LogP contribution in [-0.4, -0.2) is 81.3 Å². The lowest BCUT2D eigenvalue weighted by Gasteiger charge is -2.50. The summed E-state index contributed by atoms with van der Waals surface area (Å²) in [7, 11) is 3.59. The third-order valence-corrected chi connectivity index (χ3v) is 9.57. The van der Waals surface area contributed by atoms with E-state index in [1.807, 2.05) is 53.4 Å². The van der Waals surface area contributed by atoms with E-state index >= 15 is 0 Å². The van der Waals surface area contributed by atoms with Crippen molar-refractivity contribution >= 4 is 40.1 Å². The van der Waals surface area contributed by atoms with Crippen LogP contribution < -0.4 is 20.8 Å². The van der Waals surface area contributed by atoms with E-state index in [0.29, 0.717) is 43.2 Å². The van der Waals surface area contributed by atoms with E-state index in [9.17, 15) is 19.5 Å². The van der Waals surface area contributed by atoms with Crippen molar-refractivity contribution in [1.82, 2.24) is 24.8 Å². The predicted octanol–water partition coefficient (Wildman–Crippen LogP) is 5.32. The van der Waals surface area contributed by atoms with Crippen molar-refractivity contribution in [3.05, 3.63) is 121 Å². The molecular weight excluding hydrogens is 658 g/mol. The van der Waals surface area contributed by atoms with E-state index in [2.05, 4.69) is 39.5 Å². The van der Waals surface area contributed by atoms with Crippen molar-refractivity contribution in [2.75, 3.05) is 37.4 Å². The van der Waals surface area contributed by atoms with Gasteiger partial charge in [0.1, 0.15) is 23.7 Å². The number of hydrogen-bond donors (Lipinski definition) is 4.